The second-order valence-corrected chi connectivity index (χ2v) is 3.33. The van der Waals surface area contributed by atoms with Crippen LogP contribution in [0.2, 0.25) is 0 Å². The molecule has 0 aliphatic carbocycles. The Balaban J connectivity index is 1.98. The molecule has 64 valence electrons. The van der Waals surface area contributed by atoms with Crippen molar-refractivity contribution in [2.24, 2.45) is 0 Å². The van der Waals surface area contributed by atoms with Crippen molar-refractivity contribution in [2.45, 2.75) is 44.2 Å². The van der Waals surface area contributed by atoms with Crippen molar-refractivity contribution < 1.29 is 14.6 Å². The van der Waals surface area contributed by atoms with Crippen LogP contribution in [-0.2, 0) is 9.47 Å². The third-order valence-corrected chi connectivity index (χ3v) is 2.44. The van der Waals surface area contributed by atoms with Crippen LogP contribution in [0.1, 0.15) is 32.1 Å². The third kappa shape index (κ3) is 1.41. The molecule has 2 aliphatic heterocycles. The van der Waals surface area contributed by atoms with Crippen molar-refractivity contribution >= 4 is 0 Å². The first-order valence-corrected chi connectivity index (χ1v) is 4.31. The van der Waals surface area contributed by atoms with Crippen LogP contribution in [0, 0.1) is 0 Å². The highest BCUT2D eigenvalue weighted by molar-refractivity contribution is 4.79. The van der Waals surface area contributed by atoms with E-state index in [4.69, 9.17) is 14.6 Å². The summed E-state index contributed by atoms with van der Waals surface area (Å²) in [5, 5.41) is 9.14. The van der Waals surface area contributed by atoms with Gasteiger partial charge in [0.25, 0.3) is 0 Å². The van der Waals surface area contributed by atoms with Crippen molar-refractivity contribution in [1.29, 1.82) is 0 Å². The molecule has 0 bridgehead atoms. The number of ether oxygens (including phenoxy) is 2. The average Bonchev–Trinajstić information content (AvgIpc) is 2.34. The first-order chi connectivity index (χ1) is 5.31. The van der Waals surface area contributed by atoms with Crippen LogP contribution >= 0.6 is 0 Å². The minimum absolute atomic E-state index is 0.405. The lowest BCUT2D eigenvalue weighted by atomic mass is 10.0. The molecule has 2 heterocycles. The van der Waals surface area contributed by atoms with Gasteiger partial charge >= 0.3 is 0 Å². The highest BCUT2D eigenvalue weighted by Gasteiger charge is 2.41. The van der Waals surface area contributed by atoms with E-state index in [2.05, 4.69) is 0 Å². The Morgan fingerprint density at radius 1 is 1.27 bits per heavy atom. The van der Waals surface area contributed by atoms with Crippen molar-refractivity contribution in [3.63, 3.8) is 0 Å². The van der Waals surface area contributed by atoms with E-state index in [1.165, 1.54) is 0 Å². The van der Waals surface area contributed by atoms with Gasteiger partial charge in [-0.2, -0.15) is 0 Å². The Morgan fingerprint density at radius 3 is 2.73 bits per heavy atom. The number of aliphatic hydroxyl groups excluding tert-OH is 1. The van der Waals surface area contributed by atoms with Gasteiger partial charge in [-0.3, -0.25) is 0 Å². The zero-order chi connectivity index (χ0) is 7.73. The molecule has 0 aromatic heterocycles. The molecule has 0 saturated carbocycles. The molecule has 2 rings (SSSR count). The Bertz CT molecular complexity index is 135. The van der Waals surface area contributed by atoms with E-state index in [1.54, 1.807) is 0 Å². The highest BCUT2D eigenvalue weighted by Crippen LogP contribution is 2.37. The molecule has 2 atom stereocenters. The number of hydrogen-bond donors (Lipinski definition) is 1. The minimum atomic E-state index is -0.590. The van der Waals surface area contributed by atoms with Crippen LogP contribution in [0.25, 0.3) is 0 Å². The smallest absolute Gasteiger partial charge is 0.171 e. The summed E-state index contributed by atoms with van der Waals surface area (Å²) >= 11 is 0. The molecule has 3 heteroatoms. The maximum Gasteiger partial charge on any atom is 0.171 e. The molecule has 1 spiro atoms. The zero-order valence-corrected chi connectivity index (χ0v) is 6.58. The maximum atomic E-state index is 9.14. The lowest BCUT2D eigenvalue weighted by Crippen LogP contribution is -2.36. The molecule has 11 heavy (non-hydrogen) atoms. The van der Waals surface area contributed by atoms with Crippen LogP contribution in [0.3, 0.4) is 0 Å². The molecule has 2 unspecified atom stereocenters. The predicted molar refractivity (Wildman–Crippen MR) is 38.9 cm³/mol. The van der Waals surface area contributed by atoms with E-state index in [-0.39, 0.29) is 0 Å². The van der Waals surface area contributed by atoms with Gasteiger partial charge in [0.05, 0.1) is 6.61 Å². The van der Waals surface area contributed by atoms with Gasteiger partial charge in [-0.25, -0.2) is 0 Å². The fourth-order valence-corrected chi connectivity index (χ4v) is 1.83. The lowest BCUT2D eigenvalue weighted by molar-refractivity contribution is -0.274. The van der Waals surface area contributed by atoms with Crippen molar-refractivity contribution in [1.82, 2.24) is 0 Å². The van der Waals surface area contributed by atoms with Gasteiger partial charge in [0.1, 0.15) is 0 Å². The maximum absolute atomic E-state index is 9.14. The topological polar surface area (TPSA) is 38.7 Å². The summed E-state index contributed by atoms with van der Waals surface area (Å²) in [7, 11) is 0. The van der Waals surface area contributed by atoms with Crippen LogP contribution in [0.15, 0.2) is 0 Å². The van der Waals surface area contributed by atoms with Crippen LogP contribution in [0.4, 0.5) is 0 Å². The summed E-state index contributed by atoms with van der Waals surface area (Å²) < 4.78 is 10.8. The molecule has 0 amide bonds. The van der Waals surface area contributed by atoms with E-state index >= 15 is 0 Å². The number of rotatable bonds is 0. The summed E-state index contributed by atoms with van der Waals surface area (Å²) in [5.41, 5.74) is 0. The average molecular weight is 158 g/mol. The van der Waals surface area contributed by atoms with Crippen molar-refractivity contribution in [3.05, 3.63) is 0 Å². The molecule has 1 N–H and O–H groups in total. The van der Waals surface area contributed by atoms with E-state index in [1.807, 2.05) is 0 Å². The molecule has 2 aliphatic rings. The summed E-state index contributed by atoms with van der Waals surface area (Å²) in [5.74, 6) is -0.405. The molecular weight excluding hydrogens is 144 g/mol. The summed E-state index contributed by atoms with van der Waals surface area (Å²) in [4.78, 5) is 0. The highest BCUT2D eigenvalue weighted by atomic mass is 16.7. The molecule has 0 radical (unpaired) electrons. The lowest BCUT2D eigenvalue weighted by Gasteiger charge is -2.32. The Hall–Kier alpha value is -0.120. The van der Waals surface area contributed by atoms with Crippen LogP contribution in [0.5, 0.6) is 0 Å². The second-order valence-electron chi connectivity index (χ2n) is 3.33. The normalized spacial score (nSPS) is 45.0. The Kier molecular flexibility index (Phi) is 1.87. The standard InChI is InChI=1S/C8H14O3/c9-7-3-5-8(11-7)4-1-2-6-10-8/h7,9H,1-6H2. The van der Waals surface area contributed by atoms with Gasteiger partial charge < -0.3 is 14.6 Å². The summed E-state index contributed by atoms with van der Waals surface area (Å²) in [6, 6.07) is 0. The fourth-order valence-electron chi connectivity index (χ4n) is 1.83. The second kappa shape index (κ2) is 2.73. The van der Waals surface area contributed by atoms with Crippen molar-refractivity contribution in [3.8, 4) is 0 Å². The first kappa shape index (κ1) is 7.53. The largest absolute Gasteiger partial charge is 0.368 e. The number of hydrogen-bond acceptors (Lipinski definition) is 3. The molecule has 3 nitrogen and oxygen atoms in total. The molecule has 0 aromatic rings. The van der Waals surface area contributed by atoms with E-state index < -0.39 is 12.1 Å². The molecule has 2 fully saturated rings. The number of aliphatic hydroxyl groups is 1. The van der Waals surface area contributed by atoms with E-state index in [0.717, 1.165) is 38.7 Å². The van der Waals surface area contributed by atoms with Gasteiger partial charge in [-0.05, 0) is 12.8 Å². The van der Waals surface area contributed by atoms with Gasteiger partial charge in [0.2, 0.25) is 0 Å². The van der Waals surface area contributed by atoms with Gasteiger partial charge in [-0.15, -0.1) is 0 Å². The Morgan fingerprint density at radius 2 is 2.18 bits per heavy atom. The van der Waals surface area contributed by atoms with Gasteiger partial charge in [-0.1, -0.05) is 0 Å². The molecule has 2 saturated heterocycles. The van der Waals surface area contributed by atoms with Gasteiger partial charge in [0.15, 0.2) is 12.1 Å². The summed E-state index contributed by atoms with van der Waals surface area (Å²) in [6.45, 7) is 0.784. The van der Waals surface area contributed by atoms with Crippen LogP contribution in [-0.4, -0.2) is 23.8 Å². The van der Waals surface area contributed by atoms with E-state index in [0.29, 0.717) is 0 Å². The SMILES string of the molecule is OC1CCC2(CCCCO2)O1. The summed E-state index contributed by atoms with van der Waals surface area (Å²) in [6.07, 6.45) is 4.22. The minimum Gasteiger partial charge on any atom is -0.368 e. The molecular formula is C8H14O3. The molecule has 0 aromatic carbocycles. The Labute approximate surface area is 66.3 Å². The zero-order valence-electron chi connectivity index (χ0n) is 6.58. The van der Waals surface area contributed by atoms with Crippen LogP contribution < -0.4 is 0 Å². The first-order valence-electron chi connectivity index (χ1n) is 4.31. The predicted octanol–water partition coefficient (Wildman–Crippen LogP) is 1.01. The monoisotopic (exact) mass is 158 g/mol. The third-order valence-electron chi connectivity index (χ3n) is 2.44. The fraction of sp³-hybridized carbons (Fsp3) is 1.00. The quantitative estimate of drug-likeness (QED) is 0.572. The van der Waals surface area contributed by atoms with Crippen molar-refractivity contribution in [2.75, 3.05) is 6.61 Å². The van der Waals surface area contributed by atoms with Gasteiger partial charge in [0, 0.05) is 19.3 Å². The van der Waals surface area contributed by atoms with E-state index in [9.17, 15) is 0 Å².